The smallest absolute Gasteiger partial charge is 0.226 e. The lowest BCUT2D eigenvalue weighted by Gasteiger charge is -2.59. The molecule has 0 atom stereocenters. The number of hydrogen-bond donors (Lipinski definition) is 0. The highest BCUT2D eigenvalue weighted by atomic mass is 16.5. The van der Waals surface area contributed by atoms with E-state index in [2.05, 4.69) is 13.8 Å². The molecule has 34 heavy (non-hydrogen) atoms. The molecule has 6 heteroatoms. The summed E-state index contributed by atoms with van der Waals surface area (Å²) in [6.07, 6.45) is 4.43. The Morgan fingerprint density at radius 3 is 1.03 bits per heavy atom. The molecule has 0 unspecified atom stereocenters. The molecular formula is C28H28O6. The van der Waals surface area contributed by atoms with E-state index < -0.39 is 22.4 Å². The zero-order valence-electron chi connectivity index (χ0n) is 20.3. The van der Waals surface area contributed by atoms with Crippen LogP contribution in [0.1, 0.15) is 48.9 Å². The molecule has 0 spiro atoms. The van der Waals surface area contributed by atoms with Gasteiger partial charge in [0.15, 0.2) is 23.0 Å². The van der Waals surface area contributed by atoms with Gasteiger partial charge in [-0.3, -0.25) is 9.59 Å². The molecule has 0 aromatic heterocycles. The number of methoxy groups -OCH3 is 4. The molecule has 6 rings (SSSR count). The van der Waals surface area contributed by atoms with E-state index in [0.717, 1.165) is 33.4 Å². The molecule has 0 aliphatic heterocycles. The van der Waals surface area contributed by atoms with Crippen LogP contribution in [0, 0.1) is 0 Å². The van der Waals surface area contributed by atoms with Crippen LogP contribution in [0.4, 0.5) is 0 Å². The first kappa shape index (κ1) is 22.3. The zero-order chi connectivity index (χ0) is 24.4. The maximum atomic E-state index is 12.7. The zero-order valence-corrected chi connectivity index (χ0v) is 20.3. The van der Waals surface area contributed by atoms with Crippen LogP contribution >= 0.6 is 0 Å². The quantitative estimate of drug-likeness (QED) is 0.469. The fraction of sp³-hybridized carbons (Fsp3) is 0.357. The third-order valence-corrected chi connectivity index (χ3v) is 7.95. The summed E-state index contributed by atoms with van der Waals surface area (Å²) < 4.78 is 22.7. The van der Waals surface area contributed by atoms with E-state index >= 15 is 0 Å². The van der Waals surface area contributed by atoms with Crippen LogP contribution in [0.2, 0.25) is 0 Å². The summed E-state index contributed by atoms with van der Waals surface area (Å²) in [5.74, 6) is 1.51. The molecule has 4 aliphatic carbocycles. The fourth-order valence-corrected chi connectivity index (χ4v) is 6.45. The Labute approximate surface area is 199 Å². The van der Waals surface area contributed by atoms with Gasteiger partial charge in [0.2, 0.25) is 11.6 Å². The second kappa shape index (κ2) is 7.49. The molecule has 2 bridgehead atoms. The standard InChI is InChI=1S/C28H28O6/c1-7-27-15-9-21(29)22(30)10-16(15)28(8-2,19-13-25(33-5)23(31-3)11-17(19)27)20-14-26(34-6)24(32-4)12-18(20)27/h9-14H,7-8H2,1-6H3. The summed E-state index contributed by atoms with van der Waals surface area (Å²) in [4.78, 5) is 25.4. The van der Waals surface area contributed by atoms with Gasteiger partial charge < -0.3 is 18.9 Å². The van der Waals surface area contributed by atoms with Crippen molar-refractivity contribution >= 4 is 11.6 Å². The van der Waals surface area contributed by atoms with Crippen LogP contribution < -0.4 is 18.9 Å². The molecule has 2 aromatic rings. The summed E-state index contributed by atoms with van der Waals surface area (Å²) in [5, 5.41) is 0. The van der Waals surface area contributed by atoms with Gasteiger partial charge in [-0.15, -0.1) is 0 Å². The van der Waals surface area contributed by atoms with Crippen molar-refractivity contribution in [2.24, 2.45) is 0 Å². The molecule has 6 nitrogen and oxygen atoms in total. The molecule has 0 amide bonds. The van der Waals surface area contributed by atoms with Gasteiger partial charge in [0.25, 0.3) is 0 Å². The van der Waals surface area contributed by atoms with Crippen LogP contribution in [-0.2, 0) is 20.4 Å². The molecule has 4 aliphatic rings. The Hall–Kier alpha value is -3.54. The number of carbonyl (C=O) groups is 2. The number of benzene rings is 2. The summed E-state index contributed by atoms with van der Waals surface area (Å²) in [7, 11) is 6.48. The van der Waals surface area contributed by atoms with Gasteiger partial charge in [-0.25, -0.2) is 0 Å². The predicted molar refractivity (Wildman–Crippen MR) is 127 cm³/mol. The van der Waals surface area contributed by atoms with Crippen molar-refractivity contribution < 1.29 is 28.5 Å². The third-order valence-electron chi connectivity index (χ3n) is 7.95. The Bertz CT molecular complexity index is 1150. The first-order chi connectivity index (χ1) is 16.4. The van der Waals surface area contributed by atoms with Crippen molar-refractivity contribution in [2.45, 2.75) is 37.5 Å². The molecule has 0 heterocycles. The minimum absolute atomic E-state index is 0.491. The van der Waals surface area contributed by atoms with E-state index in [9.17, 15) is 9.59 Å². The van der Waals surface area contributed by atoms with Crippen LogP contribution in [0.3, 0.4) is 0 Å². The van der Waals surface area contributed by atoms with Crippen LogP contribution in [0.25, 0.3) is 0 Å². The van der Waals surface area contributed by atoms with E-state index in [4.69, 9.17) is 18.9 Å². The Kier molecular flexibility index (Phi) is 4.90. The SMILES string of the molecule is CCC12C3=CC(=O)C(=O)C=C3C(CC)(c3cc(OC)c(OC)cc31)c1cc(OC)c(OC)cc12. The molecule has 176 valence electrons. The number of ketones is 2. The van der Waals surface area contributed by atoms with Crippen molar-refractivity contribution in [1.29, 1.82) is 0 Å². The van der Waals surface area contributed by atoms with E-state index in [-0.39, 0.29) is 0 Å². The van der Waals surface area contributed by atoms with Crippen molar-refractivity contribution in [3.63, 3.8) is 0 Å². The molecular weight excluding hydrogens is 432 g/mol. The highest BCUT2D eigenvalue weighted by Crippen LogP contribution is 2.68. The van der Waals surface area contributed by atoms with Crippen LogP contribution in [0.15, 0.2) is 47.6 Å². The van der Waals surface area contributed by atoms with Crippen molar-refractivity contribution in [1.82, 2.24) is 0 Å². The van der Waals surface area contributed by atoms with Gasteiger partial charge in [-0.05, 0) is 82.7 Å². The monoisotopic (exact) mass is 460 g/mol. The van der Waals surface area contributed by atoms with E-state index in [1.54, 1.807) is 40.6 Å². The normalized spacial score (nSPS) is 23.9. The van der Waals surface area contributed by atoms with Gasteiger partial charge in [0, 0.05) is 10.8 Å². The topological polar surface area (TPSA) is 71.1 Å². The van der Waals surface area contributed by atoms with Crippen molar-refractivity contribution in [3.05, 3.63) is 69.8 Å². The molecule has 0 saturated heterocycles. The average Bonchev–Trinajstić information content (AvgIpc) is 2.87. The maximum Gasteiger partial charge on any atom is 0.226 e. The third kappa shape index (κ3) is 2.41. The van der Waals surface area contributed by atoms with E-state index in [0.29, 0.717) is 35.8 Å². The predicted octanol–water partition coefficient (Wildman–Crippen LogP) is 4.44. The number of hydrogen-bond acceptors (Lipinski definition) is 6. The lowest BCUT2D eigenvalue weighted by molar-refractivity contribution is -0.131. The molecule has 2 aromatic carbocycles. The number of ether oxygens (including phenoxy) is 4. The Morgan fingerprint density at radius 1 is 0.559 bits per heavy atom. The fourth-order valence-electron chi connectivity index (χ4n) is 6.45. The summed E-state index contributed by atoms with van der Waals surface area (Å²) >= 11 is 0. The van der Waals surface area contributed by atoms with Crippen molar-refractivity contribution in [3.8, 4) is 23.0 Å². The molecule has 0 N–H and O–H groups in total. The lowest BCUT2D eigenvalue weighted by atomic mass is 9.43. The second-order valence-electron chi connectivity index (χ2n) is 8.87. The number of carbonyl (C=O) groups excluding carboxylic acids is 2. The summed E-state index contributed by atoms with van der Waals surface area (Å²) in [6, 6.07) is 8.11. The second-order valence-corrected chi connectivity index (χ2v) is 8.87. The highest BCUT2D eigenvalue weighted by Gasteiger charge is 2.61. The Balaban J connectivity index is 2.03. The van der Waals surface area contributed by atoms with Gasteiger partial charge >= 0.3 is 0 Å². The van der Waals surface area contributed by atoms with Crippen molar-refractivity contribution in [2.75, 3.05) is 28.4 Å². The lowest BCUT2D eigenvalue weighted by Crippen LogP contribution is -2.53. The molecule has 0 fully saturated rings. The average molecular weight is 461 g/mol. The summed E-state index contributed by atoms with van der Waals surface area (Å²) in [5.41, 5.74) is 4.65. The minimum Gasteiger partial charge on any atom is -0.493 e. The largest absolute Gasteiger partial charge is 0.493 e. The number of allylic oxidation sites excluding steroid dienone is 4. The van der Waals surface area contributed by atoms with E-state index in [1.807, 2.05) is 24.3 Å². The maximum absolute atomic E-state index is 12.7. The van der Waals surface area contributed by atoms with Gasteiger partial charge in [0.1, 0.15) is 0 Å². The minimum atomic E-state index is -0.664. The van der Waals surface area contributed by atoms with Crippen LogP contribution in [-0.4, -0.2) is 40.0 Å². The molecule has 0 radical (unpaired) electrons. The van der Waals surface area contributed by atoms with Gasteiger partial charge in [-0.1, -0.05) is 13.8 Å². The first-order valence-electron chi connectivity index (χ1n) is 11.4. The number of rotatable bonds is 6. The first-order valence-corrected chi connectivity index (χ1v) is 11.4. The van der Waals surface area contributed by atoms with Gasteiger partial charge in [-0.2, -0.15) is 0 Å². The van der Waals surface area contributed by atoms with Crippen LogP contribution in [0.5, 0.6) is 23.0 Å². The van der Waals surface area contributed by atoms with Gasteiger partial charge in [0.05, 0.1) is 28.4 Å². The Morgan fingerprint density at radius 2 is 0.824 bits per heavy atom. The highest BCUT2D eigenvalue weighted by molar-refractivity contribution is 6.47. The summed E-state index contributed by atoms with van der Waals surface area (Å²) in [6.45, 7) is 4.20. The van der Waals surface area contributed by atoms with E-state index in [1.165, 1.54) is 0 Å². The molecule has 0 saturated carbocycles.